The molecule has 1 saturated carbocycles. The van der Waals surface area contributed by atoms with E-state index in [0.717, 1.165) is 24.2 Å². The van der Waals surface area contributed by atoms with Crippen LogP contribution in [0.15, 0.2) is 42.2 Å². The van der Waals surface area contributed by atoms with Gasteiger partial charge < -0.3 is 21.1 Å². The lowest BCUT2D eigenvalue weighted by Gasteiger charge is -2.12. The topological polar surface area (TPSA) is 150 Å². The highest BCUT2D eigenvalue weighted by atomic mass is 32.2. The lowest BCUT2D eigenvalue weighted by atomic mass is 10.1. The molecule has 12 heteroatoms. The van der Waals surface area contributed by atoms with Gasteiger partial charge in [-0.25, -0.2) is 13.4 Å². The van der Waals surface area contributed by atoms with Crippen molar-refractivity contribution in [3.8, 4) is 11.3 Å². The summed E-state index contributed by atoms with van der Waals surface area (Å²) in [5, 5.41) is 22.5. The van der Waals surface area contributed by atoms with Crippen LogP contribution in [-0.4, -0.2) is 52.2 Å². The minimum atomic E-state index is -3.42. The first-order chi connectivity index (χ1) is 16.3. The number of nitrogens with zero attached hydrogens (tertiary/aromatic N) is 3. The number of benzene rings is 1. The summed E-state index contributed by atoms with van der Waals surface area (Å²) in [5.41, 5.74) is 3.12. The van der Waals surface area contributed by atoms with Crippen LogP contribution in [0.5, 0.6) is 0 Å². The molecule has 0 spiro atoms. The van der Waals surface area contributed by atoms with Gasteiger partial charge in [0.05, 0.1) is 17.6 Å². The van der Waals surface area contributed by atoms with Crippen molar-refractivity contribution in [2.75, 3.05) is 15.8 Å². The average molecular weight is 484 g/mol. The zero-order chi connectivity index (χ0) is 23.9. The van der Waals surface area contributed by atoms with E-state index < -0.39 is 22.3 Å². The Kier molecular flexibility index (Phi) is 5.62. The van der Waals surface area contributed by atoms with Crippen LogP contribution < -0.4 is 20.7 Å². The van der Waals surface area contributed by atoms with Crippen molar-refractivity contribution < 1.29 is 18.3 Å². The number of aliphatic hydroxyl groups excluding tert-OH is 1. The number of aliphatic hydroxyl groups is 1. The number of carbonyl (C=O) groups excluding carboxylic acids is 1. The fourth-order valence-electron chi connectivity index (χ4n) is 3.72. The van der Waals surface area contributed by atoms with Crippen molar-refractivity contribution in [3.05, 3.63) is 47.8 Å². The Morgan fingerprint density at radius 3 is 2.79 bits per heavy atom. The molecule has 1 atom stereocenters. The molecule has 5 N–H and O–H groups in total. The van der Waals surface area contributed by atoms with Crippen LogP contribution in [-0.2, 0) is 14.8 Å². The number of carbonyl (C=O) groups is 1. The van der Waals surface area contributed by atoms with Crippen LogP contribution >= 0.6 is 0 Å². The van der Waals surface area contributed by atoms with Crippen LogP contribution in [0.4, 0.5) is 11.5 Å². The SMILES string of the molecule is CCCS(=O)(=O)Nc1cccc(-c2cc(NC3CC3)n3ncc(/C=C4\NC(O)NC4=O)c3n2)c1. The number of hydrogen-bond acceptors (Lipinski definition) is 8. The highest BCUT2D eigenvalue weighted by molar-refractivity contribution is 7.92. The summed E-state index contributed by atoms with van der Waals surface area (Å²) in [4.78, 5) is 16.8. The van der Waals surface area contributed by atoms with Gasteiger partial charge in [0.25, 0.3) is 5.91 Å². The third-order valence-corrected chi connectivity index (χ3v) is 6.93. The zero-order valence-electron chi connectivity index (χ0n) is 18.4. The minimum absolute atomic E-state index is 0.0427. The van der Waals surface area contributed by atoms with Crippen molar-refractivity contribution in [1.82, 2.24) is 25.2 Å². The number of hydrogen-bond donors (Lipinski definition) is 5. The molecule has 11 nitrogen and oxygen atoms in total. The summed E-state index contributed by atoms with van der Waals surface area (Å²) < 4.78 is 28.7. The van der Waals surface area contributed by atoms with Gasteiger partial charge in [-0.3, -0.25) is 9.52 Å². The number of fused-ring (bicyclic) bond motifs is 1. The van der Waals surface area contributed by atoms with Gasteiger partial charge in [0.2, 0.25) is 16.4 Å². The predicted octanol–water partition coefficient (Wildman–Crippen LogP) is 1.46. The zero-order valence-corrected chi connectivity index (χ0v) is 19.3. The molecule has 3 aromatic rings. The summed E-state index contributed by atoms with van der Waals surface area (Å²) in [5.74, 6) is 0.362. The van der Waals surface area contributed by atoms with Gasteiger partial charge in [0.15, 0.2) is 5.65 Å². The number of amides is 1. The Morgan fingerprint density at radius 1 is 1.26 bits per heavy atom. The van der Waals surface area contributed by atoms with Gasteiger partial charge >= 0.3 is 0 Å². The second-order valence-electron chi connectivity index (χ2n) is 8.36. The second-order valence-corrected chi connectivity index (χ2v) is 10.2. The van der Waals surface area contributed by atoms with E-state index >= 15 is 0 Å². The van der Waals surface area contributed by atoms with Gasteiger partial charge in [-0.15, -0.1) is 0 Å². The molecule has 0 radical (unpaired) electrons. The van der Waals surface area contributed by atoms with E-state index in [1.165, 1.54) is 0 Å². The number of nitrogens with one attached hydrogen (secondary N) is 4. The van der Waals surface area contributed by atoms with Gasteiger partial charge in [0.1, 0.15) is 11.5 Å². The lowest BCUT2D eigenvalue weighted by molar-refractivity contribution is -0.117. The molecule has 5 rings (SSSR count). The van der Waals surface area contributed by atoms with Crippen LogP contribution in [0, 0.1) is 0 Å². The Hall–Kier alpha value is -3.64. The lowest BCUT2D eigenvalue weighted by Crippen LogP contribution is -2.30. The maximum atomic E-state index is 12.2. The molecule has 1 aromatic carbocycles. The Morgan fingerprint density at radius 2 is 2.09 bits per heavy atom. The molecule has 1 amide bonds. The molecule has 0 bridgehead atoms. The minimum Gasteiger partial charge on any atom is -0.367 e. The first kappa shape index (κ1) is 22.2. The van der Waals surface area contributed by atoms with Gasteiger partial charge in [-0.05, 0) is 37.5 Å². The van der Waals surface area contributed by atoms with Crippen LogP contribution in [0.2, 0.25) is 0 Å². The number of aromatic nitrogens is 3. The van der Waals surface area contributed by atoms with Crippen LogP contribution in [0.1, 0.15) is 31.7 Å². The highest BCUT2D eigenvalue weighted by Crippen LogP contribution is 2.30. The summed E-state index contributed by atoms with van der Waals surface area (Å²) >= 11 is 0. The predicted molar refractivity (Wildman–Crippen MR) is 128 cm³/mol. The third-order valence-electron chi connectivity index (χ3n) is 5.44. The highest BCUT2D eigenvalue weighted by Gasteiger charge is 2.25. The van der Waals surface area contributed by atoms with E-state index in [0.29, 0.717) is 35.1 Å². The fourth-order valence-corrected chi connectivity index (χ4v) is 4.85. The molecular formula is C22H25N7O4S. The fraction of sp³-hybridized carbons (Fsp3) is 0.318. The Balaban J connectivity index is 1.57. The van der Waals surface area contributed by atoms with E-state index in [4.69, 9.17) is 4.98 Å². The van der Waals surface area contributed by atoms with E-state index in [-0.39, 0.29) is 11.4 Å². The van der Waals surface area contributed by atoms with Crippen molar-refractivity contribution in [2.45, 2.75) is 38.6 Å². The quantitative estimate of drug-likeness (QED) is 0.302. The van der Waals surface area contributed by atoms with Crippen molar-refractivity contribution in [2.24, 2.45) is 0 Å². The molecule has 2 aliphatic rings. The second kappa shape index (κ2) is 8.61. The van der Waals surface area contributed by atoms with E-state index in [1.807, 2.05) is 19.1 Å². The third kappa shape index (κ3) is 4.68. The monoisotopic (exact) mass is 483 g/mol. The first-order valence-corrected chi connectivity index (χ1v) is 12.7. The molecule has 1 aliphatic carbocycles. The van der Waals surface area contributed by atoms with Gasteiger partial charge in [-0.1, -0.05) is 19.1 Å². The van der Waals surface area contributed by atoms with Crippen molar-refractivity contribution >= 4 is 39.2 Å². The molecule has 2 aromatic heterocycles. The summed E-state index contributed by atoms with van der Waals surface area (Å²) in [6.45, 7) is 1.81. The standard InChI is InChI=1S/C22H25N7O4S/c1-2-8-34(32,33)28-16-5-3-4-13(9-16)17-11-19(24-15-6-7-15)29-20(25-17)14(12-23-29)10-18-21(30)27-22(31)26-18/h3-5,9-12,15,22,24,26,28,31H,2,6-8H2,1H3,(H,27,30)/b18-10-. The molecule has 1 unspecified atom stereocenters. The first-order valence-electron chi connectivity index (χ1n) is 11.0. The largest absolute Gasteiger partial charge is 0.367 e. The summed E-state index contributed by atoms with van der Waals surface area (Å²) in [7, 11) is -3.42. The normalized spacial score (nSPS) is 19.3. The number of rotatable bonds is 8. The van der Waals surface area contributed by atoms with Crippen LogP contribution in [0.25, 0.3) is 23.0 Å². The van der Waals surface area contributed by atoms with E-state index in [1.54, 1.807) is 35.0 Å². The number of anilines is 2. The smallest absolute Gasteiger partial charge is 0.270 e. The maximum Gasteiger partial charge on any atom is 0.270 e. The molecule has 1 saturated heterocycles. The summed E-state index contributed by atoms with van der Waals surface area (Å²) in [6.07, 6.45) is 4.69. The Labute approximate surface area is 196 Å². The number of sulfonamides is 1. The van der Waals surface area contributed by atoms with Crippen LogP contribution in [0.3, 0.4) is 0 Å². The molecular weight excluding hydrogens is 458 g/mol. The van der Waals surface area contributed by atoms with E-state index in [2.05, 4.69) is 25.8 Å². The molecule has 2 fully saturated rings. The van der Waals surface area contributed by atoms with Crippen molar-refractivity contribution in [3.63, 3.8) is 0 Å². The molecule has 34 heavy (non-hydrogen) atoms. The molecule has 178 valence electrons. The van der Waals surface area contributed by atoms with Gasteiger partial charge in [0, 0.05) is 28.9 Å². The maximum absolute atomic E-state index is 12.2. The Bertz CT molecular complexity index is 1400. The van der Waals surface area contributed by atoms with Gasteiger partial charge in [-0.2, -0.15) is 9.61 Å². The average Bonchev–Trinajstić information content (AvgIpc) is 3.41. The molecule has 1 aliphatic heterocycles. The van der Waals surface area contributed by atoms with E-state index in [9.17, 15) is 18.3 Å². The van der Waals surface area contributed by atoms with Crippen molar-refractivity contribution in [1.29, 1.82) is 0 Å². The molecule has 3 heterocycles. The summed E-state index contributed by atoms with van der Waals surface area (Å²) in [6, 6.07) is 9.29.